The van der Waals surface area contributed by atoms with Crippen LogP contribution in [0.5, 0.6) is 23.0 Å². The third-order valence-corrected chi connectivity index (χ3v) is 26.6. The lowest BCUT2D eigenvalue weighted by Gasteiger charge is -2.39. The van der Waals surface area contributed by atoms with Gasteiger partial charge < -0.3 is 27.4 Å². The van der Waals surface area contributed by atoms with Gasteiger partial charge >= 0.3 is 0 Å². The van der Waals surface area contributed by atoms with Crippen LogP contribution in [-0.2, 0) is 10.8 Å². The van der Waals surface area contributed by atoms with E-state index in [0.717, 1.165) is 177 Å². The molecule has 0 N–H and O–H groups in total. The molecule has 2 aliphatic carbocycles. The Morgan fingerprint density at radius 2 is 0.562 bits per heavy atom. The van der Waals surface area contributed by atoms with Crippen molar-refractivity contribution >= 4 is 87.5 Å². The predicted molar refractivity (Wildman–Crippen MR) is 510 cm³/mol. The van der Waals surface area contributed by atoms with E-state index < -0.39 is 10.8 Å². The summed E-state index contributed by atoms with van der Waals surface area (Å²) in [7, 11) is 0. The van der Waals surface area contributed by atoms with Crippen LogP contribution in [0, 0.1) is 0 Å². The van der Waals surface area contributed by atoms with E-state index >= 15 is 0 Å². The lowest BCUT2D eigenvalue weighted by Crippen LogP contribution is -2.32. The molecule has 0 saturated carbocycles. The number of hydrogen-bond donors (Lipinski definition) is 0. The molecule has 12 nitrogen and oxygen atoms in total. The molecular formula is C116H68N8O4. The molecule has 0 bridgehead atoms. The Hall–Kier alpha value is -17.2. The standard InChI is InChI=1S/2C58H34N4O2/c1-3-16-35(17-4-1)55-59-56(36-18-5-2-6-19-36)61-57(60-55)43-24-15-23-42-44-34-37(30-33-50(44)63-53(42)43)62-49-28-13-9-22-40(49)41-31-32-48-54(52(41)62)64-51-29-14-12-27-47(51)58(48)45-25-10-7-20-38(45)39-21-8-11-26-46(39)58;1-3-16-35(17-4-1)55-59-56(36-18-5-2-6-19-36)61-57(60-55)42-24-15-23-41-44-32-37(30-31-51(44)64-54(41)42)62-49-28-13-9-22-40(49)43-33-53-48(34-50(43)62)58(47-27-12-14-29-52(47)63-53)45-25-10-7-20-38(45)39-21-8-11-26-46(39)58/h2*1-34H. The minimum Gasteiger partial charge on any atom is -0.457 e. The van der Waals surface area contributed by atoms with Gasteiger partial charge in [-0.25, -0.2) is 29.9 Å². The van der Waals surface area contributed by atoms with Crippen LogP contribution in [0.1, 0.15) is 44.5 Å². The first-order valence-electron chi connectivity index (χ1n) is 43.2. The van der Waals surface area contributed by atoms with Crippen molar-refractivity contribution in [2.24, 2.45) is 0 Å². The highest BCUT2D eigenvalue weighted by molar-refractivity contribution is 6.16. The van der Waals surface area contributed by atoms with E-state index in [0.29, 0.717) is 34.9 Å². The molecule has 2 spiro atoms. The van der Waals surface area contributed by atoms with Crippen molar-refractivity contribution in [3.63, 3.8) is 0 Å². The quantitative estimate of drug-likeness (QED) is 0.145. The van der Waals surface area contributed by atoms with E-state index in [9.17, 15) is 0 Å². The Morgan fingerprint density at radius 3 is 1.03 bits per heavy atom. The number of aromatic nitrogens is 8. The van der Waals surface area contributed by atoms with Crippen LogP contribution in [-0.4, -0.2) is 39.0 Å². The molecule has 12 heteroatoms. The van der Waals surface area contributed by atoms with Crippen LogP contribution in [0.15, 0.2) is 421 Å². The lowest BCUT2D eigenvalue weighted by atomic mass is 9.66. The zero-order chi connectivity index (χ0) is 83.9. The fourth-order valence-electron chi connectivity index (χ4n) is 21.3. The van der Waals surface area contributed by atoms with Crippen LogP contribution in [0.25, 0.3) is 189 Å². The lowest BCUT2D eigenvalue weighted by molar-refractivity contribution is 0.437. The number of rotatable bonds is 8. The van der Waals surface area contributed by atoms with Gasteiger partial charge in [-0.3, -0.25) is 0 Å². The highest BCUT2D eigenvalue weighted by atomic mass is 16.5. The Morgan fingerprint density at radius 1 is 0.203 bits per heavy atom. The molecule has 28 rings (SSSR count). The van der Waals surface area contributed by atoms with Crippen molar-refractivity contribution in [2.45, 2.75) is 10.8 Å². The molecule has 4 aliphatic rings. The van der Waals surface area contributed by atoms with E-state index in [2.05, 4.69) is 288 Å². The Bertz CT molecular complexity index is 8470. The second-order valence-corrected chi connectivity index (χ2v) is 33.3. The minimum atomic E-state index is -0.580. The molecule has 24 aromatic rings. The van der Waals surface area contributed by atoms with Crippen LogP contribution in [0.4, 0.5) is 0 Å². The molecule has 6 aromatic heterocycles. The Balaban J connectivity index is 0.000000132. The van der Waals surface area contributed by atoms with Crippen molar-refractivity contribution in [3.05, 3.63) is 457 Å². The van der Waals surface area contributed by atoms with Crippen molar-refractivity contribution in [1.82, 2.24) is 39.0 Å². The van der Waals surface area contributed by atoms with E-state index in [1.807, 2.05) is 133 Å². The van der Waals surface area contributed by atoms with Gasteiger partial charge in [0.15, 0.2) is 40.7 Å². The molecule has 0 radical (unpaired) electrons. The average molecular weight is 1640 g/mol. The topological polar surface area (TPSA) is 132 Å². The number of ether oxygens (including phenoxy) is 2. The largest absolute Gasteiger partial charge is 0.457 e. The normalized spacial score (nSPS) is 13.2. The summed E-state index contributed by atoms with van der Waals surface area (Å²) in [5.74, 6) is 6.99. The zero-order valence-electron chi connectivity index (χ0n) is 68.5. The van der Waals surface area contributed by atoms with Crippen LogP contribution >= 0.6 is 0 Å². The maximum absolute atomic E-state index is 7.23. The fraction of sp³-hybridized carbons (Fsp3) is 0.0172. The van der Waals surface area contributed by atoms with Gasteiger partial charge in [0.2, 0.25) is 0 Å². The maximum Gasteiger partial charge on any atom is 0.167 e. The van der Waals surface area contributed by atoms with Crippen molar-refractivity contribution in [1.29, 1.82) is 0 Å². The highest BCUT2D eigenvalue weighted by Gasteiger charge is 2.53. The van der Waals surface area contributed by atoms with E-state index in [1.165, 1.54) is 44.5 Å². The Kier molecular flexibility index (Phi) is 15.4. The first kappa shape index (κ1) is 71.4. The number of fused-ring (bicyclic) bond motifs is 31. The SMILES string of the molecule is c1ccc(-c2nc(-c3ccccc3)nc(-c3cccc4c3oc3ccc(-n5c6ccccc6c6cc7c(cc65)C5(c6ccccc6O7)c6ccccc6-c6ccccc65)cc34)n2)cc1.c1ccc(-c2nc(-c3ccccc3)nc(-c3cccc4c3oc3ccc(-n5c6ccccc6c6ccc7c(c65)Oc5ccccc5C75c6ccccc6-c6ccccc65)cc34)n2)cc1. The van der Waals surface area contributed by atoms with Gasteiger partial charge in [0, 0.05) is 99.0 Å². The molecule has 0 fully saturated rings. The number of para-hydroxylation sites is 6. The van der Waals surface area contributed by atoms with Gasteiger partial charge in [-0.05, 0) is 129 Å². The van der Waals surface area contributed by atoms with Crippen LogP contribution in [0.3, 0.4) is 0 Å². The molecule has 0 atom stereocenters. The molecular weight excluding hydrogens is 1570 g/mol. The molecule has 2 aliphatic heterocycles. The number of furan rings is 2. The molecule has 596 valence electrons. The summed E-state index contributed by atoms with van der Waals surface area (Å²) in [5.41, 5.74) is 28.1. The second-order valence-electron chi connectivity index (χ2n) is 33.3. The third kappa shape index (κ3) is 10.3. The number of hydrogen-bond acceptors (Lipinski definition) is 10. The summed E-state index contributed by atoms with van der Waals surface area (Å²) < 4.78 is 32.5. The summed E-state index contributed by atoms with van der Waals surface area (Å²) in [6, 6.07) is 145. The van der Waals surface area contributed by atoms with Crippen molar-refractivity contribution in [3.8, 4) is 125 Å². The van der Waals surface area contributed by atoms with Crippen molar-refractivity contribution in [2.75, 3.05) is 0 Å². The summed E-state index contributed by atoms with van der Waals surface area (Å²) in [6.45, 7) is 0. The Labute approximate surface area is 732 Å². The average Bonchev–Trinajstić information content (AvgIpc) is 1.50. The predicted octanol–water partition coefficient (Wildman–Crippen LogP) is 28.7. The molecule has 128 heavy (non-hydrogen) atoms. The number of nitrogens with zero attached hydrogens (tertiary/aromatic N) is 8. The maximum atomic E-state index is 7.23. The second kappa shape index (κ2) is 27.6. The third-order valence-electron chi connectivity index (χ3n) is 26.6. The van der Waals surface area contributed by atoms with Gasteiger partial charge in [0.25, 0.3) is 0 Å². The van der Waals surface area contributed by atoms with Gasteiger partial charge in [-0.2, -0.15) is 0 Å². The monoisotopic (exact) mass is 1640 g/mol. The summed E-state index contributed by atoms with van der Waals surface area (Å²) in [5, 5.41) is 8.52. The van der Waals surface area contributed by atoms with Crippen LogP contribution < -0.4 is 9.47 Å². The first-order chi connectivity index (χ1) is 63.5. The highest BCUT2D eigenvalue weighted by Crippen LogP contribution is 2.66. The first-order valence-corrected chi connectivity index (χ1v) is 43.2. The summed E-state index contributed by atoms with van der Waals surface area (Å²) >= 11 is 0. The van der Waals surface area contributed by atoms with Gasteiger partial charge in [-0.15, -0.1) is 0 Å². The van der Waals surface area contributed by atoms with Gasteiger partial charge in [0.1, 0.15) is 39.6 Å². The van der Waals surface area contributed by atoms with E-state index in [1.54, 1.807) is 0 Å². The molecule has 0 amide bonds. The van der Waals surface area contributed by atoms with Crippen LogP contribution in [0.2, 0.25) is 0 Å². The molecule has 0 saturated heterocycles. The molecule has 8 heterocycles. The molecule has 18 aromatic carbocycles. The zero-order valence-corrected chi connectivity index (χ0v) is 68.5. The van der Waals surface area contributed by atoms with Crippen molar-refractivity contribution < 1.29 is 18.3 Å². The number of benzene rings is 18. The minimum absolute atomic E-state index is 0.549. The van der Waals surface area contributed by atoms with Gasteiger partial charge in [-0.1, -0.05) is 328 Å². The fourth-order valence-corrected chi connectivity index (χ4v) is 21.3. The van der Waals surface area contributed by atoms with E-state index in [4.69, 9.17) is 48.2 Å². The molecule has 0 unspecified atom stereocenters. The summed E-state index contributed by atoms with van der Waals surface area (Å²) in [6.07, 6.45) is 0. The van der Waals surface area contributed by atoms with E-state index in [-0.39, 0.29) is 0 Å². The smallest absolute Gasteiger partial charge is 0.167 e. The van der Waals surface area contributed by atoms with Gasteiger partial charge in [0.05, 0.1) is 44.0 Å². The summed E-state index contributed by atoms with van der Waals surface area (Å²) in [4.78, 5) is 30.1.